The molecule has 0 unspecified atom stereocenters. The van der Waals surface area contributed by atoms with Crippen molar-refractivity contribution in [3.63, 3.8) is 0 Å². The number of hydrogen-bond donors (Lipinski definition) is 1. The highest BCUT2D eigenvalue weighted by Crippen LogP contribution is 2.34. The lowest BCUT2D eigenvalue weighted by Crippen LogP contribution is -2.29. The van der Waals surface area contributed by atoms with Crippen molar-refractivity contribution in [3.8, 4) is 11.5 Å². The summed E-state index contributed by atoms with van der Waals surface area (Å²) in [4.78, 5) is 27.3. The van der Waals surface area contributed by atoms with Gasteiger partial charge in [0.2, 0.25) is 11.8 Å². The van der Waals surface area contributed by atoms with Crippen LogP contribution in [-0.4, -0.2) is 32.6 Å². The van der Waals surface area contributed by atoms with Crippen molar-refractivity contribution < 1.29 is 19.1 Å². The number of ether oxygens (including phenoxy) is 2. The molecule has 6 nitrogen and oxygen atoms in total. The second-order valence-electron chi connectivity index (χ2n) is 7.33. The van der Waals surface area contributed by atoms with Gasteiger partial charge in [-0.1, -0.05) is 32.0 Å². The molecule has 0 bridgehead atoms. The fraction of sp³-hybridized carbons (Fsp3) is 0.391. The van der Waals surface area contributed by atoms with Crippen LogP contribution in [0.15, 0.2) is 42.5 Å². The summed E-state index contributed by atoms with van der Waals surface area (Å²) in [6.07, 6.45) is 1.18. The summed E-state index contributed by atoms with van der Waals surface area (Å²) in [5, 5.41) is 2.90. The van der Waals surface area contributed by atoms with Gasteiger partial charge in [-0.05, 0) is 36.1 Å². The lowest BCUT2D eigenvalue weighted by Gasteiger charge is -2.23. The molecule has 1 aliphatic rings. The Bertz CT molecular complexity index is 896. The van der Waals surface area contributed by atoms with Gasteiger partial charge in [0.25, 0.3) is 0 Å². The highest BCUT2D eigenvalue weighted by molar-refractivity contribution is 6.04. The van der Waals surface area contributed by atoms with Crippen LogP contribution in [0.3, 0.4) is 0 Å². The molecule has 2 amide bonds. The number of rotatable bonds is 7. The third-order valence-electron chi connectivity index (χ3n) is 5.53. The van der Waals surface area contributed by atoms with Crippen molar-refractivity contribution in [2.75, 3.05) is 31.0 Å². The van der Waals surface area contributed by atoms with Crippen molar-refractivity contribution >= 4 is 23.2 Å². The Morgan fingerprint density at radius 1 is 1.21 bits per heavy atom. The number of methoxy groups -OCH3 is 2. The molecule has 0 aliphatic carbocycles. The number of hydrogen-bond acceptors (Lipinski definition) is 4. The van der Waals surface area contributed by atoms with E-state index in [0.717, 1.165) is 17.7 Å². The number of nitrogens with one attached hydrogen (secondary N) is 1. The van der Waals surface area contributed by atoms with Crippen molar-refractivity contribution in [1.82, 2.24) is 0 Å². The number of para-hydroxylation sites is 1. The predicted octanol–water partition coefficient (Wildman–Crippen LogP) is 4.21. The zero-order valence-corrected chi connectivity index (χ0v) is 17.4. The molecule has 1 aliphatic heterocycles. The molecule has 0 saturated carbocycles. The second kappa shape index (κ2) is 8.99. The minimum absolute atomic E-state index is 0.0254. The maximum Gasteiger partial charge on any atom is 0.229 e. The number of benzene rings is 2. The standard InChI is InChI=1S/C23H28N2O4/c1-5-15(2)18-8-6-7-9-20(18)25-14-16(12-22(25)26)23(27)24-19-11-10-17(28-3)13-21(19)29-4/h6-11,13,15-16H,5,12,14H2,1-4H3,(H,24,27)/t15-,16+/m0/s1. The lowest BCUT2D eigenvalue weighted by atomic mass is 9.96. The molecule has 2 atom stereocenters. The first-order valence-corrected chi connectivity index (χ1v) is 9.90. The van der Waals surface area contributed by atoms with Gasteiger partial charge in [-0.3, -0.25) is 9.59 Å². The van der Waals surface area contributed by atoms with E-state index in [2.05, 4.69) is 25.2 Å². The van der Waals surface area contributed by atoms with E-state index in [9.17, 15) is 9.59 Å². The smallest absolute Gasteiger partial charge is 0.229 e. The molecular formula is C23H28N2O4. The Hall–Kier alpha value is -3.02. The van der Waals surface area contributed by atoms with Gasteiger partial charge in [-0.2, -0.15) is 0 Å². The summed E-state index contributed by atoms with van der Waals surface area (Å²) < 4.78 is 10.5. The van der Waals surface area contributed by atoms with Gasteiger partial charge >= 0.3 is 0 Å². The van der Waals surface area contributed by atoms with Crippen LogP contribution in [0, 0.1) is 5.92 Å². The Morgan fingerprint density at radius 2 is 1.97 bits per heavy atom. The first-order chi connectivity index (χ1) is 14.0. The average molecular weight is 396 g/mol. The number of carbonyl (C=O) groups is 2. The Balaban J connectivity index is 1.77. The predicted molar refractivity (Wildman–Crippen MR) is 114 cm³/mol. The highest BCUT2D eigenvalue weighted by atomic mass is 16.5. The molecule has 2 aromatic rings. The maximum atomic E-state index is 12.9. The van der Waals surface area contributed by atoms with Gasteiger partial charge < -0.3 is 19.7 Å². The van der Waals surface area contributed by atoms with E-state index >= 15 is 0 Å². The van der Waals surface area contributed by atoms with E-state index in [1.54, 1.807) is 30.2 Å². The Labute approximate surface area is 171 Å². The molecule has 2 aromatic carbocycles. The minimum Gasteiger partial charge on any atom is -0.497 e. The van der Waals surface area contributed by atoms with Crippen LogP contribution in [-0.2, 0) is 9.59 Å². The Morgan fingerprint density at radius 3 is 2.66 bits per heavy atom. The minimum atomic E-state index is -0.417. The summed E-state index contributed by atoms with van der Waals surface area (Å²) >= 11 is 0. The van der Waals surface area contributed by atoms with E-state index in [0.29, 0.717) is 29.6 Å². The molecule has 154 valence electrons. The molecule has 0 radical (unpaired) electrons. The van der Waals surface area contributed by atoms with Crippen molar-refractivity contribution in [1.29, 1.82) is 0 Å². The van der Waals surface area contributed by atoms with Crippen LogP contribution in [0.25, 0.3) is 0 Å². The molecule has 29 heavy (non-hydrogen) atoms. The number of amides is 2. The van der Waals surface area contributed by atoms with Gasteiger partial charge in [0, 0.05) is 24.7 Å². The SMILES string of the molecule is CC[C@H](C)c1ccccc1N1C[C@H](C(=O)Nc2ccc(OC)cc2OC)CC1=O. The largest absolute Gasteiger partial charge is 0.497 e. The molecule has 3 rings (SSSR count). The molecule has 1 N–H and O–H groups in total. The van der Waals surface area contributed by atoms with Gasteiger partial charge in [-0.25, -0.2) is 0 Å². The van der Waals surface area contributed by atoms with Crippen LogP contribution in [0.1, 0.15) is 38.2 Å². The van der Waals surface area contributed by atoms with Gasteiger partial charge in [-0.15, -0.1) is 0 Å². The third kappa shape index (κ3) is 4.36. The van der Waals surface area contributed by atoms with Gasteiger partial charge in [0.05, 0.1) is 25.8 Å². The quantitative estimate of drug-likeness (QED) is 0.761. The van der Waals surface area contributed by atoms with Crippen LogP contribution in [0.4, 0.5) is 11.4 Å². The van der Waals surface area contributed by atoms with E-state index in [4.69, 9.17) is 9.47 Å². The summed E-state index contributed by atoms with van der Waals surface area (Å²) in [6.45, 7) is 4.65. The second-order valence-corrected chi connectivity index (χ2v) is 7.33. The van der Waals surface area contributed by atoms with E-state index in [1.807, 2.05) is 18.2 Å². The maximum absolute atomic E-state index is 12.9. The molecule has 0 aromatic heterocycles. The summed E-state index contributed by atoms with van der Waals surface area (Å²) in [7, 11) is 3.11. The Kier molecular flexibility index (Phi) is 6.42. The van der Waals surface area contributed by atoms with Crippen LogP contribution < -0.4 is 19.7 Å². The molecule has 1 fully saturated rings. The van der Waals surface area contributed by atoms with E-state index in [1.165, 1.54) is 7.11 Å². The zero-order valence-electron chi connectivity index (χ0n) is 17.4. The highest BCUT2D eigenvalue weighted by Gasteiger charge is 2.36. The fourth-order valence-corrected chi connectivity index (χ4v) is 3.62. The molecule has 6 heteroatoms. The normalized spacial score (nSPS) is 17.2. The molecule has 0 spiro atoms. The first-order valence-electron chi connectivity index (χ1n) is 9.90. The number of nitrogens with zero attached hydrogens (tertiary/aromatic N) is 1. The van der Waals surface area contributed by atoms with Gasteiger partial charge in [0.1, 0.15) is 11.5 Å². The van der Waals surface area contributed by atoms with Crippen LogP contribution >= 0.6 is 0 Å². The van der Waals surface area contributed by atoms with E-state index in [-0.39, 0.29) is 18.2 Å². The van der Waals surface area contributed by atoms with Crippen molar-refractivity contribution in [3.05, 3.63) is 48.0 Å². The third-order valence-corrected chi connectivity index (χ3v) is 5.53. The van der Waals surface area contributed by atoms with E-state index < -0.39 is 5.92 Å². The summed E-state index contributed by atoms with van der Waals surface area (Å²) in [5.41, 5.74) is 2.61. The molecular weight excluding hydrogens is 368 g/mol. The molecule has 1 heterocycles. The topological polar surface area (TPSA) is 67.9 Å². The van der Waals surface area contributed by atoms with Crippen LogP contribution in [0.5, 0.6) is 11.5 Å². The van der Waals surface area contributed by atoms with Gasteiger partial charge in [0.15, 0.2) is 0 Å². The number of anilines is 2. The summed E-state index contributed by atoms with van der Waals surface area (Å²) in [5.74, 6) is 0.868. The summed E-state index contributed by atoms with van der Waals surface area (Å²) in [6, 6.07) is 13.2. The monoisotopic (exact) mass is 396 g/mol. The van der Waals surface area contributed by atoms with Crippen molar-refractivity contribution in [2.24, 2.45) is 5.92 Å². The molecule has 1 saturated heterocycles. The lowest BCUT2D eigenvalue weighted by molar-refractivity contribution is -0.122. The first kappa shape index (κ1) is 20.7. The van der Waals surface area contributed by atoms with Crippen molar-refractivity contribution in [2.45, 2.75) is 32.6 Å². The zero-order chi connectivity index (χ0) is 21.0. The fourth-order valence-electron chi connectivity index (χ4n) is 3.62. The van der Waals surface area contributed by atoms with Crippen LogP contribution in [0.2, 0.25) is 0 Å². The number of carbonyl (C=O) groups excluding carboxylic acids is 2. The average Bonchev–Trinajstić information content (AvgIpc) is 3.15.